The first-order valence-electron chi connectivity index (χ1n) is 8.74. The molecule has 2 aromatic carbocycles. The number of amides is 2. The summed E-state index contributed by atoms with van der Waals surface area (Å²) in [6, 6.07) is 14.7. The Hall–Kier alpha value is -2.70. The Morgan fingerprint density at radius 2 is 1.52 bits per heavy atom. The van der Waals surface area contributed by atoms with E-state index in [4.69, 9.17) is 5.21 Å². The SMILES string of the molecule is C.CCNC[C@H](NC(=O)c1ccc(-c2ccc(CC)cc2)cc1)C(=O)NO. The molecular formula is C21H29N3O3. The number of benzene rings is 2. The van der Waals surface area contributed by atoms with Crippen LogP contribution in [0.1, 0.15) is 37.2 Å². The zero-order valence-corrected chi connectivity index (χ0v) is 15.1. The largest absolute Gasteiger partial charge is 0.339 e. The number of rotatable bonds is 8. The molecule has 2 amide bonds. The molecule has 0 aliphatic carbocycles. The van der Waals surface area contributed by atoms with Crippen molar-refractivity contribution in [2.75, 3.05) is 13.1 Å². The zero-order chi connectivity index (χ0) is 18.9. The fraction of sp³-hybridized carbons (Fsp3) is 0.333. The molecule has 0 aliphatic rings. The topological polar surface area (TPSA) is 90.5 Å². The number of carbonyl (C=O) groups is 2. The molecule has 146 valence electrons. The van der Waals surface area contributed by atoms with Gasteiger partial charge >= 0.3 is 0 Å². The van der Waals surface area contributed by atoms with Gasteiger partial charge in [-0.2, -0.15) is 0 Å². The molecule has 6 heteroatoms. The van der Waals surface area contributed by atoms with Crippen LogP contribution in [-0.2, 0) is 11.2 Å². The minimum atomic E-state index is -0.853. The van der Waals surface area contributed by atoms with Gasteiger partial charge in [0.15, 0.2) is 0 Å². The van der Waals surface area contributed by atoms with Crippen LogP contribution in [-0.4, -0.2) is 36.2 Å². The predicted molar refractivity (Wildman–Crippen MR) is 108 cm³/mol. The molecule has 2 aromatic rings. The number of aryl methyl sites for hydroxylation is 1. The molecule has 0 saturated heterocycles. The third-order valence-electron chi connectivity index (χ3n) is 4.17. The Balaban J connectivity index is 0.00000364. The van der Waals surface area contributed by atoms with Crippen molar-refractivity contribution in [2.24, 2.45) is 0 Å². The van der Waals surface area contributed by atoms with Crippen LogP contribution >= 0.6 is 0 Å². The minimum absolute atomic E-state index is 0. The zero-order valence-electron chi connectivity index (χ0n) is 15.1. The van der Waals surface area contributed by atoms with E-state index in [0.29, 0.717) is 12.1 Å². The Morgan fingerprint density at radius 1 is 0.963 bits per heavy atom. The summed E-state index contributed by atoms with van der Waals surface area (Å²) in [4.78, 5) is 24.0. The molecule has 0 heterocycles. The summed E-state index contributed by atoms with van der Waals surface area (Å²) < 4.78 is 0. The van der Waals surface area contributed by atoms with E-state index in [-0.39, 0.29) is 19.9 Å². The van der Waals surface area contributed by atoms with Crippen molar-refractivity contribution in [1.82, 2.24) is 16.1 Å². The predicted octanol–water partition coefficient (Wildman–Crippen LogP) is 2.77. The summed E-state index contributed by atoms with van der Waals surface area (Å²) in [6.45, 7) is 4.89. The standard InChI is InChI=1S/C20H25N3O3.CH4/c1-3-14-5-7-15(8-6-14)16-9-11-17(12-10-16)19(24)22-18(13-21-4-2)20(25)23-26;/h5-12,18,21,26H,3-4,13H2,1-2H3,(H,22,24)(H,23,25);1H4/t18-;/m0./s1. The van der Waals surface area contributed by atoms with E-state index in [9.17, 15) is 9.59 Å². The van der Waals surface area contributed by atoms with Crippen molar-refractivity contribution in [3.63, 3.8) is 0 Å². The Morgan fingerprint density at radius 3 is 2.00 bits per heavy atom. The second-order valence-electron chi connectivity index (χ2n) is 5.94. The van der Waals surface area contributed by atoms with Gasteiger partial charge in [-0.1, -0.05) is 57.7 Å². The molecule has 6 nitrogen and oxygen atoms in total. The van der Waals surface area contributed by atoms with E-state index >= 15 is 0 Å². The third-order valence-corrected chi connectivity index (χ3v) is 4.17. The number of hydrogen-bond acceptors (Lipinski definition) is 4. The normalized spacial score (nSPS) is 11.2. The molecule has 0 unspecified atom stereocenters. The van der Waals surface area contributed by atoms with Crippen LogP contribution in [0.25, 0.3) is 11.1 Å². The summed E-state index contributed by atoms with van der Waals surface area (Å²) in [7, 11) is 0. The van der Waals surface area contributed by atoms with Crippen molar-refractivity contribution < 1.29 is 14.8 Å². The first-order chi connectivity index (χ1) is 12.6. The maximum atomic E-state index is 12.4. The molecule has 0 saturated carbocycles. The quantitative estimate of drug-likeness (QED) is 0.424. The lowest BCUT2D eigenvalue weighted by Crippen LogP contribution is -2.51. The van der Waals surface area contributed by atoms with Crippen LogP contribution in [0.5, 0.6) is 0 Å². The van der Waals surface area contributed by atoms with Gasteiger partial charge in [0.2, 0.25) is 0 Å². The monoisotopic (exact) mass is 371 g/mol. The fourth-order valence-electron chi connectivity index (χ4n) is 2.56. The summed E-state index contributed by atoms with van der Waals surface area (Å²) in [6.07, 6.45) is 0.995. The molecule has 0 radical (unpaired) electrons. The highest BCUT2D eigenvalue weighted by atomic mass is 16.5. The van der Waals surface area contributed by atoms with Gasteiger partial charge in [0.05, 0.1) is 0 Å². The average molecular weight is 371 g/mol. The lowest BCUT2D eigenvalue weighted by Gasteiger charge is -2.17. The molecule has 1 atom stereocenters. The van der Waals surface area contributed by atoms with E-state index in [1.807, 2.05) is 19.1 Å². The molecule has 0 fully saturated rings. The van der Waals surface area contributed by atoms with Crippen molar-refractivity contribution in [3.8, 4) is 11.1 Å². The maximum absolute atomic E-state index is 12.4. The van der Waals surface area contributed by atoms with E-state index in [1.54, 1.807) is 17.6 Å². The van der Waals surface area contributed by atoms with Gasteiger partial charge in [-0.05, 0) is 41.8 Å². The second kappa shape index (κ2) is 11.1. The summed E-state index contributed by atoms with van der Waals surface area (Å²) in [5, 5.41) is 14.4. The average Bonchev–Trinajstić information content (AvgIpc) is 2.70. The summed E-state index contributed by atoms with van der Waals surface area (Å²) in [5.74, 6) is -1.03. The fourth-order valence-corrected chi connectivity index (χ4v) is 2.56. The summed E-state index contributed by atoms with van der Waals surface area (Å²) >= 11 is 0. The van der Waals surface area contributed by atoms with Gasteiger partial charge in [-0.3, -0.25) is 14.8 Å². The highest BCUT2D eigenvalue weighted by molar-refractivity contribution is 5.97. The van der Waals surface area contributed by atoms with Crippen LogP contribution in [0.2, 0.25) is 0 Å². The van der Waals surface area contributed by atoms with Gasteiger partial charge < -0.3 is 10.6 Å². The van der Waals surface area contributed by atoms with Gasteiger partial charge in [0.25, 0.3) is 11.8 Å². The van der Waals surface area contributed by atoms with Crippen molar-refractivity contribution >= 4 is 11.8 Å². The van der Waals surface area contributed by atoms with E-state index < -0.39 is 11.9 Å². The lowest BCUT2D eigenvalue weighted by atomic mass is 10.0. The lowest BCUT2D eigenvalue weighted by molar-refractivity contribution is -0.131. The van der Waals surface area contributed by atoms with Crippen LogP contribution in [0.15, 0.2) is 48.5 Å². The molecule has 27 heavy (non-hydrogen) atoms. The van der Waals surface area contributed by atoms with Crippen LogP contribution in [0.4, 0.5) is 0 Å². The first-order valence-corrected chi connectivity index (χ1v) is 8.74. The van der Waals surface area contributed by atoms with Crippen LogP contribution < -0.4 is 16.1 Å². The summed E-state index contributed by atoms with van der Waals surface area (Å²) in [5.41, 5.74) is 5.40. The molecule has 0 bridgehead atoms. The Labute approximate surface area is 160 Å². The first kappa shape index (κ1) is 22.3. The third kappa shape index (κ3) is 6.20. The number of nitrogens with one attached hydrogen (secondary N) is 3. The van der Waals surface area contributed by atoms with Crippen LogP contribution in [0.3, 0.4) is 0 Å². The molecule has 2 rings (SSSR count). The minimum Gasteiger partial charge on any atom is -0.339 e. The molecule has 0 spiro atoms. The van der Waals surface area contributed by atoms with Gasteiger partial charge in [0.1, 0.15) is 6.04 Å². The Bertz CT molecular complexity index is 727. The molecule has 0 aromatic heterocycles. The van der Waals surface area contributed by atoms with Gasteiger partial charge in [-0.15, -0.1) is 0 Å². The molecule has 4 N–H and O–H groups in total. The highest BCUT2D eigenvalue weighted by Gasteiger charge is 2.20. The molecule has 0 aliphatic heterocycles. The molecular weight excluding hydrogens is 342 g/mol. The number of carbonyl (C=O) groups excluding carboxylic acids is 2. The highest BCUT2D eigenvalue weighted by Crippen LogP contribution is 2.20. The number of likely N-dealkylation sites (N-methyl/N-ethyl adjacent to an activating group) is 1. The van der Waals surface area contributed by atoms with Crippen molar-refractivity contribution in [3.05, 3.63) is 59.7 Å². The van der Waals surface area contributed by atoms with Crippen molar-refractivity contribution in [2.45, 2.75) is 33.7 Å². The number of hydroxylamine groups is 1. The van der Waals surface area contributed by atoms with Gasteiger partial charge in [0, 0.05) is 12.1 Å². The van der Waals surface area contributed by atoms with E-state index in [0.717, 1.165) is 17.5 Å². The van der Waals surface area contributed by atoms with Crippen molar-refractivity contribution in [1.29, 1.82) is 0 Å². The number of hydrogen-bond donors (Lipinski definition) is 4. The van der Waals surface area contributed by atoms with E-state index in [1.165, 1.54) is 5.56 Å². The Kier molecular flexibility index (Phi) is 9.19. The smallest absolute Gasteiger partial charge is 0.267 e. The van der Waals surface area contributed by atoms with E-state index in [2.05, 4.69) is 41.8 Å². The van der Waals surface area contributed by atoms with Gasteiger partial charge in [-0.25, -0.2) is 5.48 Å². The second-order valence-corrected chi connectivity index (χ2v) is 5.94. The maximum Gasteiger partial charge on any atom is 0.267 e. The van der Waals surface area contributed by atoms with Crippen LogP contribution in [0, 0.1) is 0 Å².